The van der Waals surface area contributed by atoms with Gasteiger partial charge in [-0.05, 0) is 67.0 Å². The van der Waals surface area contributed by atoms with Crippen molar-refractivity contribution in [1.82, 2.24) is 15.5 Å². The summed E-state index contributed by atoms with van der Waals surface area (Å²) in [6.07, 6.45) is 1.23. The fourth-order valence-corrected chi connectivity index (χ4v) is 2.41. The Kier molecular flexibility index (Phi) is 5.81. The Morgan fingerprint density at radius 3 is 2.42 bits per heavy atom. The van der Waals surface area contributed by atoms with Crippen LogP contribution >= 0.6 is 0 Å². The first-order valence-electron chi connectivity index (χ1n) is 7.48. The molecule has 2 unspecified atom stereocenters. The van der Waals surface area contributed by atoms with Crippen molar-refractivity contribution in [3.05, 3.63) is 0 Å². The van der Waals surface area contributed by atoms with Crippen molar-refractivity contribution in [3.8, 4) is 0 Å². The Morgan fingerprint density at radius 1 is 1.32 bits per heavy atom. The molecule has 0 radical (unpaired) electrons. The van der Waals surface area contributed by atoms with Crippen LogP contribution in [0.25, 0.3) is 0 Å². The van der Waals surface area contributed by atoms with E-state index in [1.807, 2.05) is 27.7 Å². The van der Waals surface area contributed by atoms with Gasteiger partial charge in [0.2, 0.25) is 5.91 Å². The molecule has 1 aliphatic heterocycles. The smallest absolute Gasteiger partial charge is 0.237 e. The van der Waals surface area contributed by atoms with E-state index in [1.54, 1.807) is 0 Å². The van der Waals surface area contributed by atoms with Gasteiger partial charge in [0.05, 0.1) is 6.04 Å². The van der Waals surface area contributed by atoms with Gasteiger partial charge >= 0.3 is 0 Å². The summed E-state index contributed by atoms with van der Waals surface area (Å²) >= 11 is 0. The number of hydrogen-bond acceptors (Lipinski definition) is 3. The third-order valence-corrected chi connectivity index (χ3v) is 3.65. The van der Waals surface area contributed by atoms with Gasteiger partial charge in [0.1, 0.15) is 0 Å². The molecular weight excluding hydrogens is 238 g/mol. The second kappa shape index (κ2) is 6.71. The van der Waals surface area contributed by atoms with E-state index < -0.39 is 0 Å². The molecule has 0 bridgehead atoms. The summed E-state index contributed by atoms with van der Waals surface area (Å²) in [5.41, 5.74) is -0.158. The van der Waals surface area contributed by atoms with Crippen molar-refractivity contribution >= 4 is 5.91 Å². The molecular formula is C15H31N3O. The molecule has 0 saturated carbocycles. The number of amides is 1. The Bertz CT molecular complexity index is 296. The van der Waals surface area contributed by atoms with Gasteiger partial charge in [-0.1, -0.05) is 0 Å². The summed E-state index contributed by atoms with van der Waals surface area (Å²) in [6, 6.07) is 0.513. The Balaban J connectivity index is 2.27. The number of nitrogens with one attached hydrogen (secondary N) is 2. The predicted octanol–water partition coefficient (Wildman–Crippen LogP) is 1.61. The standard InChI is InChI=1S/C15H31N3O/c1-11(2)18-8-7-13(10-18)9-16-12(3)14(19)17-15(4,5)6/h11-13,16H,7-10H2,1-6H3,(H,17,19). The Labute approximate surface area is 118 Å². The summed E-state index contributed by atoms with van der Waals surface area (Å²) in [5, 5.41) is 6.38. The van der Waals surface area contributed by atoms with Gasteiger partial charge in [-0.15, -0.1) is 0 Å². The lowest BCUT2D eigenvalue weighted by Crippen LogP contribution is -2.50. The van der Waals surface area contributed by atoms with E-state index in [9.17, 15) is 4.79 Å². The molecule has 2 atom stereocenters. The minimum atomic E-state index is -0.158. The molecule has 0 aromatic rings. The second-order valence-electron chi connectivity index (χ2n) is 7.11. The topological polar surface area (TPSA) is 44.4 Å². The Morgan fingerprint density at radius 2 is 1.95 bits per heavy atom. The van der Waals surface area contributed by atoms with Crippen LogP contribution in [0.1, 0.15) is 48.0 Å². The molecule has 2 N–H and O–H groups in total. The molecule has 0 spiro atoms. The maximum Gasteiger partial charge on any atom is 0.237 e. The van der Waals surface area contributed by atoms with Gasteiger partial charge in [0.25, 0.3) is 0 Å². The first-order valence-corrected chi connectivity index (χ1v) is 7.48. The van der Waals surface area contributed by atoms with Crippen LogP contribution in [0.5, 0.6) is 0 Å². The predicted molar refractivity (Wildman–Crippen MR) is 80.2 cm³/mol. The lowest BCUT2D eigenvalue weighted by Gasteiger charge is -2.24. The zero-order valence-electron chi connectivity index (χ0n) is 13.4. The van der Waals surface area contributed by atoms with Crippen molar-refractivity contribution in [2.24, 2.45) is 5.92 Å². The highest BCUT2D eigenvalue weighted by molar-refractivity contribution is 5.81. The molecule has 4 heteroatoms. The first kappa shape index (κ1) is 16.4. The third kappa shape index (κ3) is 5.91. The van der Waals surface area contributed by atoms with Gasteiger partial charge in [-0.25, -0.2) is 0 Å². The summed E-state index contributed by atoms with van der Waals surface area (Å²) < 4.78 is 0. The minimum absolute atomic E-state index is 0.0891. The van der Waals surface area contributed by atoms with E-state index in [4.69, 9.17) is 0 Å². The fraction of sp³-hybridized carbons (Fsp3) is 0.933. The van der Waals surface area contributed by atoms with Gasteiger partial charge < -0.3 is 15.5 Å². The SMILES string of the molecule is CC(NCC1CCN(C(C)C)C1)C(=O)NC(C)(C)C. The molecule has 0 aromatic carbocycles. The van der Waals surface area contributed by atoms with Crippen LogP contribution < -0.4 is 10.6 Å². The number of carbonyl (C=O) groups is 1. The summed E-state index contributed by atoms with van der Waals surface area (Å²) in [7, 11) is 0. The molecule has 1 heterocycles. The van der Waals surface area contributed by atoms with Crippen molar-refractivity contribution in [3.63, 3.8) is 0 Å². The lowest BCUT2D eigenvalue weighted by molar-refractivity contribution is -0.124. The number of rotatable bonds is 5. The number of carbonyl (C=O) groups excluding carboxylic acids is 1. The molecule has 1 saturated heterocycles. The van der Waals surface area contributed by atoms with E-state index >= 15 is 0 Å². The van der Waals surface area contributed by atoms with Crippen LogP contribution in [0.4, 0.5) is 0 Å². The number of likely N-dealkylation sites (tertiary alicyclic amines) is 1. The van der Waals surface area contributed by atoms with E-state index in [0.29, 0.717) is 12.0 Å². The fourth-order valence-electron chi connectivity index (χ4n) is 2.41. The highest BCUT2D eigenvalue weighted by atomic mass is 16.2. The van der Waals surface area contributed by atoms with Gasteiger partial charge in [0, 0.05) is 18.1 Å². The molecule has 112 valence electrons. The van der Waals surface area contributed by atoms with Gasteiger partial charge in [-0.3, -0.25) is 4.79 Å². The van der Waals surface area contributed by atoms with Crippen LogP contribution in [-0.2, 0) is 4.79 Å². The molecule has 1 fully saturated rings. The van der Waals surface area contributed by atoms with E-state index in [1.165, 1.54) is 13.0 Å². The van der Waals surface area contributed by atoms with Crippen LogP contribution in [-0.4, -0.2) is 48.1 Å². The zero-order valence-corrected chi connectivity index (χ0v) is 13.4. The van der Waals surface area contributed by atoms with E-state index in [-0.39, 0.29) is 17.5 Å². The maximum absolute atomic E-state index is 12.0. The average molecular weight is 269 g/mol. The number of nitrogens with zero attached hydrogens (tertiary/aromatic N) is 1. The first-order chi connectivity index (χ1) is 8.69. The Hall–Kier alpha value is -0.610. The van der Waals surface area contributed by atoms with Gasteiger partial charge in [0.15, 0.2) is 0 Å². The van der Waals surface area contributed by atoms with E-state index in [2.05, 4.69) is 29.4 Å². The van der Waals surface area contributed by atoms with Crippen molar-refractivity contribution < 1.29 is 4.79 Å². The summed E-state index contributed by atoms with van der Waals surface area (Å²) in [6.45, 7) is 15.7. The van der Waals surface area contributed by atoms with Crippen molar-refractivity contribution in [2.45, 2.75) is 65.6 Å². The van der Waals surface area contributed by atoms with Crippen molar-refractivity contribution in [2.75, 3.05) is 19.6 Å². The zero-order chi connectivity index (χ0) is 14.6. The lowest BCUT2D eigenvalue weighted by atomic mass is 10.1. The molecule has 1 amide bonds. The molecule has 19 heavy (non-hydrogen) atoms. The van der Waals surface area contributed by atoms with Crippen LogP contribution in [0.3, 0.4) is 0 Å². The third-order valence-electron chi connectivity index (χ3n) is 3.65. The van der Waals surface area contributed by atoms with Crippen LogP contribution in [0.15, 0.2) is 0 Å². The highest BCUT2D eigenvalue weighted by Gasteiger charge is 2.25. The second-order valence-corrected chi connectivity index (χ2v) is 7.11. The molecule has 1 rings (SSSR count). The molecule has 1 aliphatic rings. The molecule has 0 aliphatic carbocycles. The minimum Gasteiger partial charge on any atom is -0.350 e. The summed E-state index contributed by atoms with van der Waals surface area (Å²) in [5.74, 6) is 0.762. The maximum atomic E-state index is 12.0. The van der Waals surface area contributed by atoms with Crippen LogP contribution in [0.2, 0.25) is 0 Å². The summed E-state index contributed by atoms with van der Waals surface area (Å²) in [4.78, 5) is 14.5. The van der Waals surface area contributed by atoms with E-state index in [0.717, 1.165) is 13.1 Å². The quantitative estimate of drug-likeness (QED) is 0.797. The normalized spacial score (nSPS) is 22.8. The highest BCUT2D eigenvalue weighted by Crippen LogP contribution is 2.17. The molecule has 0 aromatic heterocycles. The monoisotopic (exact) mass is 269 g/mol. The van der Waals surface area contributed by atoms with Crippen LogP contribution in [0, 0.1) is 5.92 Å². The average Bonchev–Trinajstić information content (AvgIpc) is 2.72. The largest absolute Gasteiger partial charge is 0.350 e. The number of hydrogen-bond donors (Lipinski definition) is 2. The van der Waals surface area contributed by atoms with Gasteiger partial charge in [-0.2, -0.15) is 0 Å². The van der Waals surface area contributed by atoms with Crippen molar-refractivity contribution in [1.29, 1.82) is 0 Å². The molecule has 4 nitrogen and oxygen atoms in total.